The van der Waals surface area contributed by atoms with Gasteiger partial charge in [-0.3, -0.25) is 29.0 Å². The van der Waals surface area contributed by atoms with E-state index < -0.39 is 110 Å². The van der Waals surface area contributed by atoms with Gasteiger partial charge in [-0.05, 0) is 64.0 Å². The molecule has 0 aromatic heterocycles. The number of phenols is 1. The number of benzene rings is 1. The SMILES string of the molecule is CN(C)[C@@H]1C(=O)C(C(N)=O)=C(O)[C@@]2(O)C(=O)C3=C(O)c4c(O)c(NC(=O)CN5CCC5)cc(C(F)(F)F)c4C[C@H]3C[C@@H]12. The monoisotopic (exact) mass is 594 g/mol. The van der Waals surface area contributed by atoms with Crippen LogP contribution < -0.4 is 11.1 Å². The number of nitrogens with zero attached hydrogens (tertiary/aromatic N) is 2. The Morgan fingerprint density at radius 2 is 1.83 bits per heavy atom. The van der Waals surface area contributed by atoms with E-state index in [1.54, 1.807) is 4.90 Å². The molecule has 1 saturated carbocycles. The van der Waals surface area contributed by atoms with Crippen LogP contribution in [0.25, 0.3) is 5.76 Å². The largest absolute Gasteiger partial charge is 0.508 e. The summed E-state index contributed by atoms with van der Waals surface area (Å²) in [6.45, 7) is 1.10. The minimum Gasteiger partial charge on any atom is -0.508 e. The molecule has 0 unspecified atom stereocenters. The van der Waals surface area contributed by atoms with Crippen molar-refractivity contribution in [1.29, 1.82) is 0 Å². The second kappa shape index (κ2) is 9.81. The van der Waals surface area contributed by atoms with Gasteiger partial charge in [0.25, 0.3) is 5.91 Å². The van der Waals surface area contributed by atoms with E-state index in [-0.39, 0.29) is 13.0 Å². The quantitative estimate of drug-likeness (QED) is 0.208. The molecule has 12 nitrogen and oxygen atoms in total. The second-order valence-electron chi connectivity index (χ2n) is 11.3. The maximum Gasteiger partial charge on any atom is 0.416 e. The number of rotatable bonds is 5. The number of nitrogens with one attached hydrogen (secondary N) is 1. The van der Waals surface area contributed by atoms with Crippen molar-refractivity contribution >= 4 is 34.8 Å². The van der Waals surface area contributed by atoms with E-state index in [2.05, 4.69) is 5.32 Å². The number of aromatic hydroxyl groups is 1. The number of likely N-dealkylation sites (tertiary alicyclic amines) is 1. The number of hydrogen-bond donors (Lipinski definition) is 6. The molecule has 1 aromatic carbocycles. The first-order valence-electron chi connectivity index (χ1n) is 13.1. The van der Waals surface area contributed by atoms with Crippen molar-refractivity contribution < 1.29 is 52.8 Å². The summed E-state index contributed by atoms with van der Waals surface area (Å²) < 4.78 is 42.9. The molecule has 42 heavy (non-hydrogen) atoms. The molecule has 1 aromatic rings. The van der Waals surface area contributed by atoms with Gasteiger partial charge in [0.1, 0.15) is 22.8 Å². The summed E-state index contributed by atoms with van der Waals surface area (Å²) in [5, 5.41) is 47.0. The molecule has 4 atom stereocenters. The molecular formula is C27H29F3N4O8. The van der Waals surface area contributed by atoms with E-state index in [1.165, 1.54) is 19.0 Å². The van der Waals surface area contributed by atoms with E-state index in [0.717, 1.165) is 6.42 Å². The van der Waals surface area contributed by atoms with Gasteiger partial charge in [0, 0.05) is 11.5 Å². The Hall–Kier alpha value is -3.95. The number of hydrogen-bond acceptors (Lipinski definition) is 10. The fourth-order valence-corrected chi connectivity index (χ4v) is 6.59. The van der Waals surface area contributed by atoms with Crippen LogP contribution in [-0.2, 0) is 31.8 Å². The fourth-order valence-electron chi connectivity index (χ4n) is 6.59. The fraction of sp³-hybridized carbons (Fsp3) is 0.481. The number of carbonyl (C=O) groups is 4. The molecule has 1 heterocycles. The van der Waals surface area contributed by atoms with Gasteiger partial charge in [-0.1, -0.05) is 0 Å². The highest BCUT2D eigenvalue weighted by Gasteiger charge is 2.64. The number of likely N-dealkylation sites (N-methyl/N-ethyl adjacent to an activating group) is 1. The van der Waals surface area contributed by atoms with Crippen LogP contribution in [0.4, 0.5) is 18.9 Å². The van der Waals surface area contributed by atoms with Crippen LogP contribution >= 0.6 is 0 Å². The zero-order chi connectivity index (χ0) is 31.0. The third kappa shape index (κ3) is 4.25. The molecule has 0 radical (unpaired) electrons. The van der Waals surface area contributed by atoms with Crippen LogP contribution in [0, 0.1) is 11.8 Å². The number of phenolic OH excluding ortho intramolecular Hbond substituents is 1. The standard InChI is InChI=1S/C27H29F3N4O8/c1-33(2)19-13-7-10-6-11-12(27(28,29)30)8-14(32-15(35)9-34-4-3-5-34)20(36)17(11)21(37)16(10)23(39)26(13,42)24(40)18(22(19)38)25(31)41/h8,10,13,19,36-37,40,42H,3-7,9H2,1-2H3,(H2,31,41)(H,32,35)/t10-,13-,19-,26-/m0/s1. The molecule has 7 N–H and O–H groups in total. The molecule has 2 fully saturated rings. The van der Waals surface area contributed by atoms with Crippen molar-refractivity contribution in [3.63, 3.8) is 0 Å². The minimum atomic E-state index is -5.00. The third-order valence-corrected chi connectivity index (χ3v) is 8.62. The van der Waals surface area contributed by atoms with Crippen molar-refractivity contribution in [2.45, 2.75) is 37.1 Å². The van der Waals surface area contributed by atoms with Crippen molar-refractivity contribution in [2.24, 2.45) is 17.6 Å². The summed E-state index contributed by atoms with van der Waals surface area (Å²) in [5.41, 5.74) is -2.49. The van der Waals surface area contributed by atoms with Crippen LogP contribution in [0.3, 0.4) is 0 Å². The van der Waals surface area contributed by atoms with Crippen molar-refractivity contribution in [1.82, 2.24) is 9.80 Å². The molecule has 2 amide bonds. The first-order valence-corrected chi connectivity index (χ1v) is 13.1. The Bertz CT molecular complexity index is 1500. The number of ketones is 2. The average Bonchev–Trinajstić information content (AvgIpc) is 2.84. The van der Waals surface area contributed by atoms with Gasteiger partial charge < -0.3 is 31.5 Å². The molecule has 0 bridgehead atoms. The highest BCUT2D eigenvalue weighted by Crippen LogP contribution is 2.55. The lowest BCUT2D eigenvalue weighted by Gasteiger charge is -2.50. The van der Waals surface area contributed by atoms with Crippen LogP contribution in [-0.4, -0.2) is 99.0 Å². The van der Waals surface area contributed by atoms with Crippen LogP contribution in [0.1, 0.15) is 29.5 Å². The van der Waals surface area contributed by atoms with E-state index in [1.807, 2.05) is 0 Å². The van der Waals surface area contributed by atoms with E-state index in [4.69, 9.17) is 5.73 Å². The molecule has 15 heteroatoms. The molecule has 1 aliphatic heterocycles. The summed E-state index contributed by atoms with van der Waals surface area (Å²) in [6.07, 6.45) is -5.05. The predicted octanol–water partition coefficient (Wildman–Crippen LogP) is 0.627. The van der Waals surface area contributed by atoms with E-state index >= 15 is 0 Å². The summed E-state index contributed by atoms with van der Waals surface area (Å²) in [7, 11) is 2.82. The lowest BCUT2D eigenvalue weighted by Crippen LogP contribution is -2.65. The number of carbonyl (C=O) groups excluding carboxylic acids is 4. The normalized spacial score (nSPS) is 27.8. The van der Waals surface area contributed by atoms with Gasteiger partial charge in [0.05, 0.1) is 29.4 Å². The number of aliphatic hydroxyl groups is 3. The van der Waals surface area contributed by atoms with E-state index in [9.17, 15) is 52.8 Å². The Kier molecular flexibility index (Phi) is 6.90. The predicted molar refractivity (Wildman–Crippen MR) is 139 cm³/mol. The summed E-state index contributed by atoms with van der Waals surface area (Å²) in [4.78, 5) is 54.6. The van der Waals surface area contributed by atoms with Gasteiger partial charge in [0.2, 0.25) is 11.7 Å². The van der Waals surface area contributed by atoms with Gasteiger partial charge >= 0.3 is 6.18 Å². The number of halogens is 3. The number of aliphatic hydroxyl groups excluding tert-OH is 2. The number of nitrogens with two attached hydrogens (primary N) is 1. The zero-order valence-corrected chi connectivity index (χ0v) is 22.6. The number of fused-ring (bicyclic) bond motifs is 3. The summed E-state index contributed by atoms with van der Waals surface area (Å²) in [5.74, 6) is -10.4. The lowest BCUT2D eigenvalue weighted by atomic mass is 9.57. The molecule has 1 saturated heterocycles. The van der Waals surface area contributed by atoms with E-state index in [0.29, 0.717) is 19.2 Å². The lowest BCUT2D eigenvalue weighted by molar-refractivity contribution is -0.153. The number of amides is 2. The maximum atomic E-state index is 14.3. The molecule has 4 aliphatic rings. The van der Waals surface area contributed by atoms with Crippen molar-refractivity contribution in [3.05, 3.63) is 39.7 Å². The third-order valence-electron chi connectivity index (χ3n) is 8.62. The van der Waals surface area contributed by atoms with Crippen molar-refractivity contribution in [3.8, 4) is 5.75 Å². The molecule has 3 aliphatic carbocycles. The second-order valence-corrected chi connectivity index (χ2v) is 11.3. The van der Waals surface area contributed by atoms with Crippen LogP contribution in [0.2, 0.25) is 0 Å². The smallest absolute Gasteiger partial charge is 0.416 e. The molecule has 5 rings (SSSR count). The molecule has 226 valence electrons. The van der Waals surface area contributed by atoms with Crippen LogP contribution in [0.5, 0.6) is 5.75 Å². The first-order chi connectivity index (χ1) is 19.5. The maximum absolute atomic E-state index is 14.3. The average molecular weight is 595 g/mol. The topological polar surface area (TPSA) is 194 Å². The highest BCUT2D eigenvalue weighted by molar-refractivity contribution is 6.24. The van der Waals surface area contributed by atoms with Gasteiger partial charge in [-0.2, -0.15) is 13.2 Å². The van der Waals surface area contributed by atoms with Gasteiger partial charge in [-0.25, -0.2) is 0 Å². The Morgan fingerprint density at radius 3 is 2.36 bits per heavy atom. The Balaban J connectivity index is 1.68. The molecule has 0 spiro atoms. The summed E-state index contributed by atoms with van der Waals surface area (Å²) >= 11 is 0. The number of primary amides is 1. The number of Topliss-reactive ketones (excluding diaryl/α,β-unsaturated/α-hetero) is 2. The Labute approximate surface area is 236 Å². The Morgan fingerprint density at radius 1 is 1.19 bits per heavy atom. The first kappa shape index (κ1) is 29.5. The minimum absolute atomic E-state index is 0.139. The highest BCUT2D eigenvalue weighted by atomic mass is 19.4. The van der Waals surface area contributed by atoms with Crippen LogP contribution in [0.15, 0.2) is 23.0 Å². The van der Waals surface area contributed by atoms with Crippen molar-refractivity contribution in [2.75, 3.05) is 39.0 Å². The molecular weight excluding hydrogens is 565 g/mol. The van der Waals surface area contributed by atoms with Gasteiger partial charge in [-0.15, -0.1) is 0 Å². The number of anilines is 1. The number of alkyl halides is 3. The zero-order valence-electron chi connectivity index (χ0n) is 22.6. The van der Waals surface area contributed by atoms with Gasteiger partial charge in [0.15, 0.2) is 11.4 Å². The summed E-state index contributed by atoms with van der Waals surface area (Å²) in [6, 6.07) is -0.816.